The standard InChI is InChI=1S/C16H21F2N3/c1-4-7-19-15(16-8-11(2)20-21(16)3)10-12-5-6-13(17)14(18)9-12/h5-6,8-9,15,19H,4,7,10H2,1-3H3. The van der Waals surface area contributed by atoms with Crippen molar-refractivity contribution < 1.29 is 8.78 Å². The second-order valence-corrected chi connectivity index (χ2v) is 5.29. The summed E-state index contributed by atoms with van der Waals surface area (Å²) in [5.41, 5.74) is 2.76. The van der Waals surface area contributed by atoms with Crippen LogP contribution in [0.25, 0.3) is 0 Å². The number of nitrogens with one attached hydrogen (secondary N) is 1. The summed E-state index contributed by atoms with van der Waals surface area (Å²) in [6.07, 6.45) is 1.60. The zero-order valence-electron chi connectivity index (χ0n) is 12.7. The molecule has 1 atom stereocenters. The molecule has 1 unspecified atom stereocenters. The molecule has 1 aromatic carbocycles. The van der Waals surface area contributed by atoms with Crippen LogP contribution in [0.15, 0.2) is 24.3 Å². The van der Waals surface area contributed by atoms with Crippen LogP contribution < -0.4 is 5.32 Å². The maximum Gasteiger partial charge on any atom is 0.159 e. The van der Waals surface area contributed by atoms with Crippen molar-refractivity contribution >= 4 is 0 Å². The van der Waals surface area contributed by atoms with Gasteiger partial charge in [-0.05, 0) is 50.1 Å². The number of aromatic nitrogens is 2. The van der Waals surface area contributed by atoms with Gasteiger partial charge in [-0.15, -0.1) is 0 Å². The zero-order valence-corrected chi connectivity index (χ0v) is 12.7. The van der Waals surface area contributed by atoms with Gasteiger partial charge in [0, 0.05) is 7.05 Å². The average molecular weight is 293 g/mol. The second kappa shape index (κ2) is 6.80. The van der Waals surface area contributed by atoms with Crippen LogP contribution in [0.3, 0.4) is 0 Å². The van der Waals surface area contributed by atoms with Gasteiger partial charge in [-0.1, -0.05) is 13.0 Å². The van der Waals surface area contributed by atoms with Crippen LogP contribution in [-0.2, 0) is 13.5 Å². The van der Waals surface area contributed by atoms with Crippen molar-refractivity contribution in [3.8, 4) is 0 Å². The van der Waals surface area contributed by atoms with Crippen LogP contribution in [0, 0.1) is 18.6 Å². The minimum absolute atomic E-state index is 0.0287. The fourth-order valence-corrected chi connectivity index (χ4v) is 2.46. The van der Waals surface area contributed by atoms with Gasteiger partial charge in [0.25, 0.3) is 0 Å². The molecular weight excluding hydrogens is 272 g/mol. The van der Waals surface area contributed by atoms with Gasteiger partial charge >= 0.3 is 0 Å². The van der Waals surface area contributed by atoms with Gasteiger partial charge in [-0.3, -0.25) is 4.68 Å². The smallest absolute Gasteiger partial charge is 0.159 e. The van der Waals surface area contributed by atoms with Crippen molar-refractivity contribution in [3.05, 3.63) is 52.9 Å². The Kier molecular flexibility index (Phi) is 5.07. The first-order valence-corrected chi connectivity index (χ1v) is 7.19. The molecule has 0 bridgehead atoms. The third-order valence-electron chi connectivity index (χ3n) is 3.46. The zero-order chi connectivity index (χ0) is 15.4. The van der Waals surface area contributed by atoms with Crippen molar-refractivity contribution in [2.75, 3.05) is 6.54 Å². The maximum atomic E-state index is 13.4. The largest absolute Gasteiger partial charge is 0.308 e. The lowest BCUT2D eigenvalue weighted by atomic mass is 10.0. The first-order chi connectivity index (χ1) is 10.0. The summed E-state index contributed by atoms with van der Waals surface area (Å²) in [6.45, 7) is 4.90. The second-order valence-electron chi connectivity index (χ2n) is 5.29. The summed E-state index contributed by atoms with van der Waals surface area (Å²) in [6, 6.07) is 6.12. The van der Waals surface area contributed by atoms with Gasteiger partial charge in [0.05, 0.1) is 17.4 Å². The van der Waals surface area contributed by atoms with E-state index < -0.39 is 11.6 Å². The normalized spacial score (nSPS) is 12.6. The number of nitrogens with zero attached hydrogens (tertiary/aromatic N) is 2. The lowest BCUT2D eigenvalue weighted by Gasteiger charge is -2.19. The van der Waals surface area contributed by atoms with E-state index in [2.05, 4.69) is 17.3 Å². The molecule has 0 aliphatic carbocycles. The summed E-state index contributed by atoms with van der Waals surface area (Å²) in [7, 11) is 1.90. The molecule has 0 aliphatic rings. The molecule has 0 saturated heterocycles. The van der Waals surface area contributed by atoms with Gasteiger partial charge in [0.2, 0.25) is 0 Å². The average Bonchev–Trinajstić information content (AvgIpc) is 2.77. The molecule has 114 valence electrons. The molecule has 2 aromatic rings. The number of hydrogen-bond donors (Lipinski definition) is 1. The molecule has 5 heteroatoms. The van der Waals surface area contributed by atoms with Gasteiger partial charge in [0.1, 0.15) is 0 Å². The van der Waals surface area contributed by atoms with Crippen molar-refractivity contribution in [1.82, 2.24) is 15.1 Å². The molecule has 1 N–H and O–H groups in total. The molecule has 1 heterocycles. The Morgan fingerprint density at radius 2 is 2.00 bits per heavy atom. The predicted molar refractivity (Wildman–Crippen MR) is 79.0 cm³/mol. The van der Waals surface area contributed by atoms with Crippen LogP contribution in [0.4, 0.5) is 8.78 Å². The fourth-order valence-electron chi connectivity index (χ4n) is 2.46. The van der Waals surface area contributed by atoms with E-state index in [0.717, 1.165) is 29.9 Å². The Hall–Kier alpha value is -1.75. The van der Waals surface area contributed by atoms with E-state index in [9.17, 15) is 8.78 Å². The molecule has 0 aliphatic heterocycles. The Balaban J connectivity index is 2.23. The summed E-state index contributed by atoms with van der Waals surface area (Å²) in [5, 5.41) is 7.80. The fraction of sp³-hybridized carbons (Fsp3) is 0.438. The van der Waals surface area contributed by atoms with E-state index in [4.69, 9.17) is 0 Å². The molecule has 0 saturated carbocycles. The highest BCUT2D eigenvalue weighted by Gasteiger charge is 2.17. The number of benzene rings is 1. The Morgan fingerprint density at radius 3 is 2.57 bits per heavy atom. The van der Waals surface area contributed by atoms with E-state index in [-0.39, 0.29) is 6.04 Å². The third kappa shape index (κ3) is 3.88. The van der Waals surface area contributed by atoms with Crippen LogP contribution in [0.5, 0.6) is 0 Å². The van der Waals surface area contributed by atoms with E-state index in [1.54, 1.807) is 6.07 Å². The van der Waals surface area contributed by atoms with Crippen LogP contribution >= 0.6 is 0 Å². The SMILES string of the molecule is CCCNC(Cc1ccc(F)c(F)c1)c1cc(C)nn1C. The Labute approximate surface area is 124 Å². The molecule has 0 radical (unpaired) electrons. The molecule has 1 aromatic heterocycles. The van der Waals surface area contributed by atoms with Crippen molar-refractivity contribution in [2.24, 2.45) is 7.05 Å². The number of aryl methyl sites for hydroxylation is 2. The molecule has 2 rings (SSSR count). The first-order valence-electron chi connectivity index (χ1n) is 7.19. The number of rotatable bonds is 6. The third-order valence-corrected chi connectivity index (χ3v) is 3.46. The first kappa shape index (κ1) is 15.6. The van der Waals surface area contributed by atoms with Gasteiger partial charge < -0.3 is 5.32 Å². The monoisotopic (exact) mass is 293 g/mol. The summed E-state index contributed by atoms with van der Waals surface area (Å²) < 4.78 is 28.2. The van der Waals surface area contributed by atoms with Crippen LogP contribution in [0.2, 0.25) is 0 Å². The van der Waals surface area contributed by atoms with E-state index in [1.807, 2.05) is 24.7 Å². The molecule has 0 fully saturated rings. The van der Waals surface area contributed by atoms with E-state index in [0.29, 0.717) is 6.42 Å². The Bertz CT molecular complexity index is 608. The predicted octanol–water partition coefficient (Wildman–Crippen LogP) is 3.29. The summed E-state index contributed by atoms with van der Waals surface area (Å²) >= 11 is 0. The van der Waals surface area contributed by atoms with Crippen molar-refractivity contribution in [3.63, 3.8) is 0 Å². The number of hydrogen-bond acceptors (Lipinski definition) is 2. The quantitative estimate of drug-likeness (QED) is 0.885. The lowest BCUT2D eigenvalue weighted by Crippen LogP contribution is -2.26. The minimum atomic E-state index is -0.812. The maximum absolute atomic E-state index is 13.4. The van der Waals surface area contributed by atoms with Gasteiger partial charge in [0.15, 0.2) is 11.6 Å². The molecule has 21 heavy (non-hydrogen) atoms. The molecule has 0 spiro atoms. The van der Waals surface area contributed by atoms with Gasteiger partial charge in [-0.2, -0.15) is 5.10 Å². The topological polar surface area (TPSA) is 29.9 Å². The number of halogens is 2. The van der Waals surface area contributed by atoms with Crippen molar-refractivity contribution in [2.45, 2.75) is 32.7 Å². The highest BCUT2D eigenvalue weighted by atomic mass is 19.2. The van der Waals surface area contributed by atoms with E-state index in [1.165, 1.54) is 12.1 Å². The highest BCUT2D eigenvalue weighted by Crippen LogP contribution is 2.20. The van der Waals surface area contributed by atoms with E-state index >= 15 is 0 Å². The molecule has 3 nitrogen and oxygen atoms in total. The van der Waals surface area contributed by atoms with Gasteiger partial charge in [-0.25, -0.2) is 8.78 Å². The molecular formula is C16H21F2N3. The van der Waals surface area contributed by atoms with Crippen LogP contribution in [0.1, 0.15) is 36.3 Å². The minimum Gasteiger partial charge on any atom is -0.308 e. The Morgan fingerprint density at radius 1 is 1.24 bits per heavy atom. The summed E-state index contributed by atoms with van der Waals surface area (Å²) in [4.78, 5) is 0. The molecule has 0 amide bonds. The summed E-state index contributed by atoms with van der Waals surface area (Å²) in [5.74, 6) is -1.61. The lowest BCUT2D eigenvalue weighted by molar-refractivity contribution is 0.485. The van der Waals surface area contributed by atoms with Crippen LogP contribution in [-0.4, -0.2) is 16.3 Å². The van der Waals surface area contributed by atoms with Crippen molar-refractivity contribution in [1.29, 1.82) is 0 Å². The highest BCUT2D eigenvalue weighted by molar-refractivity contribution is 5.22.